The van der Waals surface area contributed by atoms with Gasteiger partial charge in [0.15, 0.2) is 0 Å². The molecule has 3 rings (SSSR count). The minimum absolute atomic E-state index is 0.110. The number of carbonyl (C=O) groups is 2. The van der Waals surface area contributed by atoms with Gasteiger partial charge in [-0.3, -0.25) is 9.59 Å². The number of amides is 2. The van der Waals surface area contributed by atoms with E-state index in [2.05, 4.69) is 0 Å². The van der Waals surface area contributed by atoms with Crippen molar-refractivity contribution in [3.63, 3.8) is 0 Å². The fraction of sp³-hybridized carbons (Fsp3) is 0.750. The van der Waals surface area contributed by atoms with Crippen LogP contribution in [-0.2, 0) is 19.1 Å². The molecule has 0 saturated carbocycles. The second-order valence-corrected chi connectivity index (χ2v) is 6.03. The van der Waals surface area contributed by atoms with Crippen LogP contribution in [-0.4, -0.2) is 74.2 Å². The second-order valence-electron chi connectivity index (χ2n) is 6.03. The summed E-state index contributed by atoms with van der Waals surface area (Å²) in [7, 11) is 0. The van der Waals surface area contributed by atoms with E-state index in [1.165, 1.54) is 0 Å². The van der Waals surface area contributed by atoms with Crippen LogP contribution in [0.15, 0.2) is 12.2 Å². The molecule has 1 aliphatic carbocycles. The summed E-state index contributed by atoms with van der Waals surface area (Å²) in [6, 6.07) is 0. The molecule has 2 aliphatic heterocycles. The topological polar surface area (TPSA) is 59.1 Å². The Morgan fingerprint density at radius 3 is 1.45 bits per heavy atom. The molecule has 2 fully saturated rings. The van der Waals surface area contributed by atoms with E-state index in [0.717, 1.165) is 0 Å². The monoisotopic (exact) mass is 308 g/mol. The van der Waals surface area contributed by atoms with Gasteiger partial charge in [-0.1, -0.05) is 12.2 Å². The first-order valence-electron chi connectivity index (χ1n) is 8.15. The van der Waals surface area contributed by atoms with E-state index in [-0.39, 0.29) is 23.7 Å². The van der Waals surface area contributed by atoms with Crippen LogP contribution in [0.5, 0.6) is 0 Å². The smallest absolute Gasteiger partial charge is 0.226 e. The maximum atomic E-state index is 12.8. The maximum absolute atomic E-state index is 12.8. The van der Waals surface area contributed by atoms with E-state index in [1.54, 1.807) is 0 Å². The van der Waals surface area contributed by atoms with Crippen molar-refractivity contribution in [1.29, 1.82) is 0 Å². The van der Waals surface area contributed by atoms with Crippen molar-refractivity contribution >= 4 is 11.8 Å². The minimum Gasteiger partial charge on any atom is -0.378 e. The number of morpholine rings is 2. The highest BCUT2D eigenvalue weighted by atomic mass is 16.5. The molecule has 0 spiro atoms. The summed E-state index contributed by atoms with van der Waals surface area (Å²) in [5.41, 5.74) is 0. The van der Waals surface area contributed by atoms with Crippen molar-refractivity contribution in [3.05, 3.63) is 12.2 Å². The minimum atomic E-state index is -0.224. The quantitative estimate of drug-likeness (QED) is 0.688. The van der Waals surface area contributed by atoms with Gasteiger partial charge in [0.05, 0.1) is 38.3 Å². The molecule has 2 amide bonds. The third-order valence-electron chi connectivity index (χ3n) is 4.71. The summed E-state index contributed by atoms with van der Waals surface area (Å²) in [5, 5.41) is 0. The lowest BCUT2D eigenvalue weighted by Gasteiger charge is -2.37. The molecular weight excluding hydrogens is 284 g/mol. The average molecular weight is 308 g/mol. The Balaban J connectivity index is 1.68. The Hall–Kier alpha value is -1.40. The van der Waals surface area contributed by atoms with Gasteiger partial charge in [-0.2, -0.15) is 0 Å². The summed E-state index contributed by atoms with van der Waals surface area (Å²) < 4.78 is 10.6. The van der Waals surface area contributed by atoms with Gasteiger partial charge >= 0.3 is 0 Å². The molecule has 0 radical (unpaired) electrons. The van der Waals surface area contributed by atoms with Gasteiger partial charge in [-0.05, 0) is 12.8 Å². The van der Waals surface area contributed by atoms with E-state index < -0.39 is 0 Å². The molecule has 6 nitrogen and oxygen atoms in total. The van der Waals surface area contributed by atoms with Gasteiger partial charge in [0.1, 0.15) is 0 Å². The molecular formula is C16H24N2O4. The van der Waals surface area contributed by atoms with Crippen LogP contribution in [0, 0.1) is 11.8 Å². The lowest BCUT2D eigenvalue weighted by Crippen LogP contribution is -2.50. The molecule has 0 aromatic rings. The normalized spacial score (nSPS) is 29.5. The van der Waals surface area contributed by atoms with Crippen molar-refractivity contribution in [2.45, 2.75) is 12.8 Å². The lowest BCUT2D eigenvalue weighted by atomic mass is 9.81. The van der Waals surface area contributed by atoms with Crippen molar-refractivity contribution in [2.24, 2.45) is 11.8 Å². The van der Waals surface area contributed by atoms with Crippen molar-refractivity contribution in [2.75, 3.05) is 52.6 Å². The molecule has 2 saturated heterocycles. The molecule has 0 bridgehead atoms. The summed E-state index contributed by atoms with van der Waals surface area (Å²) in [5.74, 6) is -0.226. The fourth-order valence-corrected chi connectivity index (χ4v) is 3.40. The molecule has 6 heteroatoms. The van der Waals surface area contributed by atoms with Crippen LogP contribution >= 0.6 is 0 Å². The molecule has 0 aromatic heterocycles. The SMILES string of the molecule is O=C([C@H]1CC=CC[C@@H]1C(=O)N1CCOCC1)N1CCOCC1. The summed E-state index contributed by atoms with van der Waals surface area (Å²) in [6.07, 6.45) is 5.39. The predicted octanol–water partition coefficient (Wildman–Crippen LogP) is 0.286. The maximum Gasteiger partial charge on any atom is 0.226 e. The van der Waals surface area contributed by atoms with Gasteiger partial charge in [0.2, 0.25) is 11.8 Å². The molecule has 3 aliphatic rings. The predicted molar refractivity (Wildman–Crippen MR) is 80.2 cm³/mol. The van der Waals surface area contributed by atoms with Crippen LogP contribution in [0.2, 0.25) is 0 Å². The zero-order valence-electron chi connectivity index (χ0n) is 12.9. The molecule has 2 atom stereocenters. The van der Waals surface area contributed by atoms with Crippen molar-refractivity contribution < 1.29 is 19.1 Å². The largest absolute Gasteiger partial charge is 0.378 e. The Morgan fingerprint density at radius 2 is 1.09 bits per heavy atom. The summed E-state index contributed by atoms with van der Waals surface area (Å²) in [6.45, 7) is 4.92. The van der Waals surface area contributed by atoms with Crippen molar-refractivity contribution in [3.8, 4) is 0 Å². The van der Waals surface area contributed by atoms with E-state index >= 15 is 0 Å². The molecule has 0 aromatic carbocycles. The van der Waals surface area contributed by atoms with Crippen molar-refractivity contribution in [1.82, 2.24) is 9.80 Å². The van der Waals surface area contributed by atoms with Gasteiger partial charge < -0.3 is 19.3 Å². The highest BCUT2D eigenvalue weighted by molar-refractivity contribution is 5.88. The highest BCUT2D eigenvalue weighted by Gasteiger charge is 2.38. The van der Waals surface area contributed by atoms with Gasteiger partial charge in [0.25, 0.3) is 0 Å². The number of hydrogen-bond donors (Lipinski definition) is 0. The fourth-order valence-electron chi connectivity index (χ4n) is 3.40. The Labute approximate surface area is 131 Å². The zero-order chi connectivity index (χ0) is 15.4. The van der Waals surface area contributed by atoms with Gasteiger partial charge in [0, 0.05) is 26.2 Å². The van der Waals surface area contributed by atoms with Crippen LogP contribution in [0.25, 0.3) is 0 Å². The number of ether oxygens (including phenoxy) is 2. The highest BCUT2D eigenvalue weighted by Crippen LogP contribution is 2.29. The van der Waals surface area contributed by atoms with Crippen LogP contribution in [0.4, 0.5) is 0 Å². The Kier molecular flexibility index (Phi) is 5.10. The molecule has 122 valence electrons. The summed E-state index contributed by atoms with van der Waals surface area (Å²) in [4.78, 5) is 29.3. The molecule has 2 heterocycles. The standard InChI is InChI=1S/C16H24N2O4/c19-15(17-5-9-21-10-6-17)13-3-1-2-4-14(13)16(20)18-7-11-22-12-8-18/h1-2,13-14H,3-12H2/t13-,14-/m0/s1. The lowest BCUT2D eigenvalue weighted by molar-refractivity contribution is -0.150. The number of hydrogen-bond acceptors (Lipinski definition) is 4. The first kappa shape index (κ1) is 15.5. The molecule has 0 unspecified atom stereocenters. The third-order valence-corrected chi connectivity index (χ3v) is 4.71. The van der Waals surface area contributed by atoms with Gasteiger partial charge in [-0.25, -0.2) is 0 Å². The Bertz CT molecular complexity index is 399. The number of rotatable bonds is 2. The molecule has 0 N–H and O–H groups in total. The number of carbonyl (C=O) groups excluding carboxylic acids is 2. The van der Waals surface area contributed by atoms with Crippen LogP contribution in [0.3, 0.4) is 0 Å². The van der Waals surface area contributed by atoms with Crippen LogP contribution < -0.4 is 0 Å². The van der Waals surface area contributed by atoms with E-state index in [9.17, 15) is 9.59 Å². The van der Waals surface area contributed by atoms with Crippen LogP contribution in [0.1, 0.15) is 12.8 Å². The van der Waals surface area contributed by atoms with Gasteiger partial charge in [-0.15, -0.1) is 0 Å². The number of allylic oxidation sites excluding steroid dienone is 2. The molecule has 22 heavy (non-hydrogen) atoms. The average Bonchev–Trinajstić information content (AvgIpc) is 2.62. The first-order valence-corrected chi connectivity index (χ1v) is 8.15. The second kappa shape index (κ2) is 7.24. The van der Waals surface area contributed by atoms with E-state index in [1.807, 2.05) is 22.0 Å². The van der Waals surface area contributed by atoms with E-state index in [4.69, 9.17) is 9.47 Å². The third kappa shape index (κ3) is 3.33. The van der Waals surface area contributed by atoms with E-state index in [0.29, 0.717) is 65.4 Å². The Morgan fingerprint density at radius 1 is 0.727 bits per heavy atom. The number of nitrogens with zero attached hydrogens (tertiary/aromatic N) is 2. The summed E-state index contributed by atoms with van der Waals surface area (Å²) >= 11 is 0. The zero-order valence-corrected chi connectivity index (χ0v) is 12.9. The first-order chi connectivity index (χ1) is 10.8.